The highest BCUT2D eigenvalue weighted by molar-refractivity contribution is 5.85. The molecule has 1 aromatic carbocycles. The van der Waals surface area contributed by atoms with Crippen LogP contribution in [0.25, 0.3) is 0 Å². The van der Waals surface area contributed by atoms with Crippen LogP contribution in [0.5, 0.6) is 11.6 Å². The predicted octanol–water partition coefficient (Wildman–Crippen LogP) is 2.89. The first kappa shape index (κ1) is 13.0. The molecule has 0 aliphatic rings. The maximum atomic E-state index is 10.8. The molecular weight excluding hydrogens is 244 g/mol. The van der Waals surface area contributed by atoms with Crippen LogP contribution in [-0.2, 0) is 0 Å². The van der Waals surface area contributed by atoms with E-state index in [0.29, 0.717) is 5.75 Å². The molecule has 0 aliphatic carbocycles. The Balaban J connectivity index is 2.39. The molecule has 0 radical (unpaired) electrons. The topological polar surface area (TPSA) is 72.3 Å². The maximum Gasteiger partial charge on any atom is 0.354 e. The predicted molar refractivity (Wildman–Crippen MR) is 69.7 cm³/mol. The van der Waals surface area contributed by atoms with Crippen LogP contribution in [-0.4, -0.2) is 21.0 Å². The first-order valence-electron chi connectivity index (χ1n) is 5.79. The van der Waals surface area contributed by atoms with Gasteiger partial charge in [-0.3, -0.25) is 0 Å². The average Bonchev–Trinajstić information content (AvgIpc) is 2.39. The Labute approximate surface area is 110 Å². The van der Waals surface area contributed by atoms with Crippen LogP contribution in [0.2, 0.25) is 0 Å². The highest BCUT2D eigenvalue weighted by Gasteiger charge is 2.11. The summed E-state index contributed by atoms with van der Waals surface area (Å²) >= 11 is 0. The molecule has 0 atom stereocenters. The van der Waals surface area contributed by atoms with Gasteiger partial charge in [-0.1, -0.05) is 12.1 Å². The lowest BCUT2D eigenvalue weighted by Crippen LogP contribution is -2.02. The van der Waals surface area contributed by atoms with Crippen molar-refractivity contribution in [3.05, 3.63) is 46.9 Å². The van der Waals surface area contributed by atoms with Crippen molar-refractivity contribution in [2.24, 2.45) is 0 Å². The number of rotatable bonds is 3. The second-order valence-electron chi connectivity index (χ2n) is 4.30. The van der Waals surface area contributed by atoms with Gasteiger partial charge < -0.3 is 9.84 Å². The minimum Gasteiger partial charge on any atom is -0.477 e. The van der Waals surface area contributed by atoms with Crippen LogP contribution >= 0.6 is 0 Å². The van der Waals surface area contributed by atoms with Crippen LogP contribution in [0, 0.1) is 20.8 Å². The Morgan fingerprint density at radius 2 is 1.84 bits per heavy atom. The first-order valence-corrected chi connectivity index (χ1v) is 5.79. The van der Waals surface area contributed by atoms with Crippen LogP contribution in [0.15, 0.2) is 24.5 Å². The molecule has 0 bridgehead atoms. The van der Waals surface area contributed by atoms with Crippen molar-refractivity contribution < 1.29 is 14.6 Å². The number of carbonyl (C=O) groups is 1. The SMILES string of the molecule is Cc1ccc(C)c(Oc2cc(C(=O)O)ncn2)c1C. The van der Waals surface area contributed by atoms with Gasteiger partial charge >= 0.3 is 5.97 Å². The van der Waals surface area contributed by atoms with E-state index in [0.717, 1.165) is 16.7 Å². The third kappa shape index (κ3) is 2.70. The van der Waals surface area contributed by atoms with Crippen molar-refractivity contribution in [1.82, 2.24) is 9.97 Å². The van der Waals surface area contributed by atoms with E-state index in [4.69, 9.17) is 9.84 Å². The minimum atomic E-state index is -1.11. The van der Waals surface area contributed by atoms with Gasteiger partial charge in [0.1, 0.15) is 12.1 Å². The number of carboxylic acids is 1. The molecule has 2 rings (SSSR count). The molecule has 98 valence electrons. The zero-order valence-electron chi connectivity index (χ0n) is 11.0. The number of aromatic nitrogens is 2. The summed E-state index contributed by atoms with van der Waals surface area (Å²) in [7, 11) is 0. The van der Waals surface area contributed by atoms with Crippen molar-refractivity contribution >= 4 is 5.97 Å². The summed E-state index contributed by atoms with van der Waals surface area (Å²) in [6.45, 7) is 5.88. The van der Waals surface area contributed by atoms with Crippen molar-refractivity contribution in [2.45, 2.75) is 20.8 Å². The third-order valence-corrected chi connectivity index (χ3v) is 2.94. The lowest BCUT2D eigenvalue weighted by molar-refractivity contribution is 0.0689. The Kier molecular flexibility index (Phi) is 3.46. The van der Waals surface area contributed by atoms with Gasteiger partial charge in [-0.15, -0.1) is 0 Å². The van der Waals surface area contributed by atoms with E-state index in [1.165, 1.54) is 12.4 Å². The number of aromatic carboxylic acids is 1. The molecule has 1 heterocycles. The van der Waals surface area contributed by atoms with E-state index in [1.807, 2.05) is 32.9 Å². The van der Waals surface area contributed by atoms with Gasteiger partial charge in [0.25, 0.3) is 0 Å². The van der Waals surface area contributed by atoms with E-state index in [-0.39, 0.29) is 11.6 Å². The highest BCUT2D eigenvalue weighted by Crippen LogP contribution is 2.29. The molecule has 1 aromatic heterocycles. The fourth-order valence-electron chi connectivity index (χ4n) is 1.70. The number of benzene rings is 1. The van der Waals surface area contributed by atoms with E-state index < -0.39 is 5.97 Å². The molecular formula is C14H14N2O3. The van der Waals surface area contributed by atoms with Crippen molar-refractivity contribution in [1.29, 1.82) is 0 Å². The maximum absolute atomic E-state index is 10.8. The second kappa shape index (κ2) is 5.06. The van der Waals surface area contributed by atoms with E-state index in [2.05, 4.69) is 9.97 Å². The minimum absolute atomic E-state index is 0.0899. The second-order valence-corrected chi connectivity index (χ2v) is 4.30. The van der Waals surface area contributed by atoms with Crippen LogP contribution in [0.4, 0.5) is 0 Å². The molecule has 0 fully saturated rings. The van der Waals surface area contributed by atoms with Crippen LogP contribution in [0.1, 0.15) is 27.2 Å². The molecule has 2 aromatic rings. The number of ether oxygens (including phenoxy) is 1. The molecule has 0 saturated carbocycles. The van der Waals surface area contributed by atoms with Crippen molar-refractivity contribution in [3.8, 4) is 11.6 Å². The van der Waals surface area contributed by atoms with Crippen LogP contribution < -0.4 is 4.74 Å². The molecule has 0 amide bonds. The Hall–Kier alpha value is -2.43. The summed E-state index contributed by atoms with van der Waals surface area (Å²) in [6.07, 6.45) is 1.18. The largest absolute Gasteiger partial charge is 0.477 e. The fraction of sp³-hybridized carbons (Fsp3) is 0.214. The average molecular weight is 258 g/mol. The van der Waals surface area contributed by atoms with Crippen LogP contribution in [0.3, 0.4) is 0 Å². The first-order chi connectivity index (χ1) is 8.99. The zero-order valence-corrected chi connectivity index (χ0v) is 11.0. The smallest absolute Gasteiger partial charge is 0.354 e. The molecule has 1 N–H and O–H groups in total. The van der Waals surface area contributed by atoms with Crippen molar-refractivity contribution in [3.63, 3.8) is 0 Å². The van der Waals surface area contributed by atoms with E-state index >= 15 is 0 Å². The Morgan fingerprint density at radius 1 is 1.16 bits per heavy atom. The molecule has 0 saturated heterocycles. The molecule has 0 aliphatic heterocycles. The Bertz CT molecular complexity index is 639. The van der Waals surface area contributed by atoms with Gasteiger partial charge in [-0.25, -0.2) is 14.8 Å². The number of nitrogens with zero attached hydrogens (tertiary/aromatic N) is 2. The van der Waals surface area contributed by atoms with E-state index in [1.54, 1.807) is 0 Å². The van der Waals surface area contributed by atoms with Gasteiger partial charge in [-0.05, 0) is 37.5 Å². The number of hydrogen-bond donors (Lipinski definition) is 1. The zero-order chi connectivity index (χ0) is 14.0. The quantitative estimate of drug-likeness (QED) is 0.916. The molecule has 5 nitrogen and oxygen atoms in total. The standard InChI is InChI=1S/C14H14N2O3/c1-8-4-5-9(2)13(10(8)3)19-12-6-11(14(17)18)15-7-16-12/h4-7H,1-3H3,(H,17,18). The van der Waals surface area contributed by atoms with Gasteiger partial charge in [0.05, 0.1) is 0 Å². The van der Waals surface area contributed by atoms with Gasteiger partial charge in [-0.2, -0.15) is 0 Å². The fourth-order valence-corrected chi connectivity index (χ4v) is 1.70. The summed E-state index contributed by atoms with van der Waals surface area (Å²) in [5, 5.41) is 8.88. The molecule has 0 unspecified atom stereocenters. The van der Waals surface area contributed by atoms with E-state index in [9.17, 15) is 4.79 Å². The Morgan fingerprint density at radius 3 is 2.53 bits per heavy atom. The summed E-state index contributed by atoms with van der Waals surface area (Å²) in [4.78, 5) is 18.4. The lowest BCUT2D eigenvalue weighted by atomic mass is 10.1. The van der Waals surface area contributed by atoms with Gasteiger partial charge in [0, 0.05) is 6.07 Å². The summed E-state index contributed by atoms with van der Waals surface area (Å²) in [5.41, 5.74) is 3.00. The summed E-state index contributed by atoms with van der Waals surface area (Å²) in [6, 6.07) is 5.28. The highest BCUT2D eigenvalue weighted by atomic mass is 16.5. The number of hydrogen-bond acceptors (Lipinski definition) is 4. The molecule has 0 spiro atoms. The number of carboxylic acid groups (broad SMARTS) is 1. The summed E-state index contributed by atoms with van der Waals surface area (Å²) in [5.74, 6) is -0.177. The van der Waals surface area contributed by atoms with Crippen molar-refractivity contribution in [2.75, 3.05) is 0 Å². The summed E-state index contributed by atoms with van der Waals surface area (Å²) < 4.78 is 5.70. The lowest BCUT2D eigenvalue weighted by Gasteiger charge is -2.12. The normalized spacial score (nSPS) is 10.3. The van der Waals surface area contributed by atoms with Gasteiger partial charge in [0.15, 0.2) is 5.69 Å². The third-order valence-electron chi connectivity index (χ3n) is 2.94. The van der Waals surface area contributed by atoms with Gasteiger partial charge in [0.2, 0.25) is 5.88 Å². The number of aryl methyl sites for hydroxylation is 2. The molecule has 19 heavy (non-hydrogen) atoms. The monoisotopic (exact) mass is 258 g/mol. The molecule has 5 heteroatoms.